The van der Waals surface area contributed by atoms with Gasteiger partial charge in [0.05, 0.1) is 26.1 Å². The molecule has 3 aromatic rings. The molecule has 0 saturated carbocycles. The summed E-state index contributed by atoms with van der Waals surface area (Å²) in [6.07, 6.45) is 2.78. The number of anilines is 2. The lowest BCUT2D eigenvalue weighted by Gasteiger charge is -2.31. The first-order chi connectivity index (χ1) is 16.0. The Balaban J connectivity index is 1.70. The first-order valence-corrected chi connectivity index (χ1v) is 11.2. The van der Waals surface area contributed by atoms with Crippen LogP contribution in [0, 0.1) is 6.57 Å². The van der Waals surface area contributed by atoms with Gasteiger partial charge in [0.25, 0.3) is 0 Å². The van der Waals surface area contributed by atoms with Gasteiger partial charge in [-0.25, -0.2) is 4.85 Å². The van der Waals surface area contributed by atoms with Crippen molar-refractivity contribution in [1.82, 2.24) is 0 Å². The summed E-state index contributed by atoms with van der Waals surface area (Å²) in [5, 5.41) is 0. The van der Waals surface area contributed by atoms with E-state index in [9.17, 15) is 4.79 Å². The molecule has 0 bridgehead atoms. The number of fused-ring (bicyclic) bond motifs is 1. The molecule has 0 aliphatic heterocycles. The van der Waals surface area contributed by atoms with E-state index in [1.807, 2.05) is 43.3 Å². The van der Waals surface area contributed by atoms with E-state index >= 15 is 0 Å². The van der Waals surface area contributed by atoms with Crippen LogP contribution in [-0.2, 0) is 17.8 Å². The Bertz CT molecular complexity index is 1160. The Morgan fingerprint density at radius 1 is 1.03 bits per heavy atom. The molecule has 0 fully saturated rings. The first-order valence-electron chi connectivity index (χ1n) is 11.2. The largest absolute Gasteiger partial charge is 0.497 e. The second-order valence-electron chi connectivity index (χ2n) is 8.62. The molecule has 3 aromatic carbocycles. The summed E-state index contributed by atoms with van der Waals surface area (Å²) >= 11 is 0. The minimum Gasteiger partial charge on any atom is -0.497 e. The average molecular weight is 440 g/mol. The maximum absolute atomic E-state index is 14.0. The Labute approximate surface area is 196 Å². The number of amides is 1. The number of ether oxygens (including phenoxy) is 1. The van der Waals surface area contributed by atoms with Crippen molar-refractivity contribution in [3.8, 4) is 5.75 Å². The third kappa shape index (κ3) is 4.85. The molecule has 0 aromatic heterocycles. The second kappa shape index (κ2) is 9.79. The molecular weight excluding hydrogens is 410 g/mol. The van der Waals surface area contributed by atoms with Crippen LogP contribution in [-0.4, -0.2) is 27.1 Å². The highest BCUT2D eigenvalue weighted by Crippen LogP contribution is 2.37. The van der Waals surface area contributed by atoms with Gasteiger partial charge in [0.15, 0.2) is 5.69 Å². The van der Waals surface area contributed by atoms with Gasteiger partial charge in [-0.15, -0.1) is 0 Å². The molecule has 1 aliphatic carbocycles. The van der Waals surface area contributed by atoms with Gasteiger partial charge in [-0.2, -0.15) is 0 Å². The van der Waals surface area contributed by atoms with Crippen LogP contribution in [0.1, 0.15) is 35.4 Å². The zero-order valence-corrected chi connectivity index (χ0v) is 19.4. The standard InChI is InChI=1S/C28H29N3O2/c1-29-22-11-15-24(16-12-22)31(19-20-8-13-23(14-9-20)30(2)3)28(32)26-7-5-6-21-10-17-25(33-4)18-27(21)26/h8-18,26H,5-7,19H2,2-4H3. The van der Waals surface area contributed by atoms with Crippen molar-refractivity contribution in [1.29, 1.82) is 0 Å². The molecule has 0 heterocycles. The maximum Gasteiger partial charge on any atom is 0.234 e. The Kier molecular flexibility index (Phi) is 6.65. The smallest absolute Gasteiger partial charge is 0.234 e. The minimum absolute atomic E-state index is 0.0800. The Morgan fingerprint density at radius 3 is 2.36 bits per heavy atom. The summed E-state index contributed by atoms with van der Waals surface area (Å²) in [5.74, 6) is 0.641. The summed E-state index contributed by atoms with van der Waals surface area (Å²) in [6.45, 7) is 7.72. The van der Waals surface area contributed by atoms with Gasteiger partial charge in [0.1, 0.15) is 5.75 Å². The lowest BCUT2D eigenvalue weighted by Crippen LogP contribution is -2.36. The van der Waals surface area contributed by atoms with Crippen LogP contribution in [0.2, 0.25) is 0 Å². The van der Waals surface area contributed by atoms with E-state index in [-0.39, 0.29) is 11.8 Å². The predicted octanol–water partition coefficient (Wildman–Crippen LogP) is 5.97. The van der Waals surface area contributed by atoms with Gasteiger partial charge in [-0.05, 0) is 72.4 Å². The molecule has 1 amide bonds. The number of methoxy groups -OCH3 is 1. The summed E-state index contributed by atoms with van der Waals surface area (Å²) in [4.78, 5) is 21.4. The van der Waals surface area contributed by atoms with Gasteiger partial charge in [0.2, 0.25) is 5.91 Å². The minimum atomic E-state index is -0.217. The number of carbonyl (C=O) groups is 1. The van der Waals surface area contributed by atoms with Crippen LogP contribution < -0.4 is 14.5 Å². The van der Waals surface area contributed by atoms with Crippen molar-refractivity contribution < 1.29 is 9.53 Å². The molecule has 1 atom stereocenters. The fourth-order valence-electron chi connectivity index (χ4n) is 4.43. The van der Waals surface area contributed by atoms with Crippen molar-refractivity contribution in [2.24, 2.45) is 0 Å². The average Bonchev–Trinajstić information content (AvgIpc) is 2.86. The highest BCUT2D eigenvalue weighted by atomic mass is 16.5. The van der Waals surface area contributed by atoms with E-state index in [4.69, 9.17) is 11.3 Å². The number of hydrogen-bond acceptors (Lipinski definition) is 3. The topological polar surface area (TPSA) is 37.1 Å². The number of hydrogen-bond donors (Lipinski definition) is 0. The lowest BCUT2D eigenvalue weighted by atomic mass is 9.81. The number of rotatable bonds is 6. The molecule has 0 saturated heterocycles. The molecule has 1 unspecified atom stereocenters. The van der Waals surface area contributed by atoms with Crippen LogP contribution in [0.25, 0.3) is 4.85 Å². The SMILES string of the molecule is [C-]#[N+]c1ccc(N(Cc2ccc(N(C)C)cc2)C(=O)C2CCCc3ccc(OC)cc32)cc1. The summed E-state index contributed by atoms with van der Waals surface area (Å²) in [6, 6.07) is 21.6. The molecule has 0 spiro atoms. The van der Waals surface area contributed by atoms with Crippen molar-refractivity contribution in [2.75, 3.05) is 31.0 Å². The highest BCUT2D eigenvalue weighted by Gasteiger charge is 2.31. The molecule has 5 heteroatoms. The van der Waals surface area contributed by atoms with Crippen molar-refractivity contribution >= 4 is 23.0 Å². The van der Waals surface area contributed by atoms with Crippen LogP contribution in [0.15, 0.2) is 66.7 Å². The summed E-state index contributed by atoms with van der Waals surface area (Å²) in [7, 11) is 5.68. The van der Waals surface area contributed by atoms with Gasteiger partial charge >= 0.3 is 0 Å². The first kappa shape index (κ1) is 22.4. The summed E-state index contributed by atoms with van der Waals surface area (Å²) < 4.78 is 5.45. The third-order valence-electron chi connectivity index (χ3n) is 6.32. The van der Waals surface area contributed by atoms with Crippen LogP contribution in [0.3, 0.4) is 0 Å². The highest BCUT2D eigenvalue weighted by molar-refractivity contribution is 5.98. The van der Waals surface area contributed by atoms with Gasteiger partial charge in [0, 0.05) is 25.5 Å². The molecule has 168 valence electrons. The quantitative estimate of drug-likeness (QED) is 0.444. The zero-order valence-electron chi connectivity index (χ0n) is 19.4. The Morgan fingerprint density at radius 2 is 1.73 bits per heavy atom. The molecule has 5 nitrogen and oxygen atoms in total. The Hall–Kier alpha value is -3.78. The number of nitrogens with zero attached hydrogens (tertiary/aromatic N) is 3. The fourth-order valence-corrected chi connectivity index (χ4v) is 4.43. The normalized spacial score (nSPS) is 14.7. The van der Waals surface area contributed by atoms with E-state index in [0.717, 1.165) is 47.5 Å². The zero-order chi connectivity index (χ0) is 23.4. The van der Waals surface area contributed by atoms with Crippen LogP contribution in [0.4, 0.5) is 17.1 Å². The molecule has 33 heavy (non-hydrogen) atoms. The van der Waals surface area contributed by atoms with Crippen molar-refractivity contribution in [3.05, 3.63) is 94.8 Å². The number of carbonyl (C=O) groups excluding carboxylic acids is 1. The van der Waals surface area contributed by atoms with Crippen molar-refractivity contribution in [3.63, 3.8) is 0 Å². The lowest BCUT2D eigenvalue weighted by molar-refractivity contribution is -0.120. The molecule has 0 N–H and O–H groups in total. The maximum atomic E-state index is 14.0. The predicted molar refractivity (Wildman–Crippen MR) is 133 cm³/mol. The summed E-state index contributed by atoms with van der Waals surface area (Å²) in [5.41, 5.74) is 5.83. The van der Waals surface area contributed by atoms with Gasteiger partial charge < -0.3 is 14.5 Å². The molecule has 0 radical (unpaired) electrons. The van der Waals surface area contributed by atoms with Gasteiger partial charge in [-0.1, -0.05) is 30.3 Å². The van der Waals surface area contributed by atoms with E-state index in [1.165, 1.54) is 5.56 Å². The van der Waals surface area contributed by atoms with E-state index < -0.39 is 0 Å². The third-order valence-corrected chi connectivity index (χ3v) is 6.32. The number of benzene rings is 3. The van der Waals surface area contributed by atoms with Crippen LogP contribution in [0.5, 0.6) is 5.75 Å². The molecule has 1 aliphatic rings. The van der Waals surface area contributed by atoms with Gasteiger partial charge in [-0.3, -0.25) is 4.79 Å². The second-order valence-corrected chi connectivity index (χ2v) is 8.62. The number of aryl methyl sites for hydroxylation is 1. The van der Waals surface area contributed by atoms with Crippen LogP contribution >= 0.6 is 0 Å². The fraction of sp³-hybridized carbons (Fsp3) is 0.286. The van der Waals surface area contributed by atoms with Crippen molar-refractivity contribution in [2.45, 2.75) is 31.7 Å². The van der Waals surface area contributed by atoms with E-state index in [0.29, 0.717) is 12.2 Å². The monoisotopic (exact) mass is 439 g/mol. The molecular formula is C28H29N3O2. The van der Waals surface area contributed by atoms with E-state index in [2.05, 4.69) is 40.1 Å². The molecule has 4 rings (SSSR count). The van der Waals surface area contributed by atoms with E-state index in [1.54, 1.807) is 19.2 Å².